The van der Waals surface area contributed by atoms with Gasteiger partial charge in [-0.25, -0.2) is 8.42 Å². The van der Waals surface area contributed by atoms with Crippen LogP contribution in [0.4, 0.5) is 11.4 Å². The van der Waals surface area contributed by atoms with Crippen LogP contribution in [0, 0.1) is 0 Å². The number of aromatic amines is 1. The Morgan fingerprint density at radius 1 is 1.15 bits per heavy atom. The first-order valence-electron chi connectivity index (χ1n) is 8.85. The van der Waals surface area contributed by atoms with Crippen molar-refractivity contribution in [2.75, 3.05) is 15.9 Å². The molecule has 2 N–H and O–H groups in total. The topological polar surface area (TPSA) is 82.3 Å². The van der Waals surface area contributed by atoms with Crippen LogP contribution >= 0.6 is 0 Å². The SMILES string of the molecule is CS(=O)(=O)Nc1ccc(N(C(=O)Cc2c[nH]c3ccccc23)C2CC2)cc1. The van der Waals surface area contributed by atoms with Gasteiger partial charge >= 0.3 is 0 Å². The number of carbonyl (C=O) groups is 1. The Hall–Kier alpha value is -2.80. The number of anilines is 2. The molecule has 4 rings (SSSR count). The van der Waals surface area contributed by atoms with Gasteiger partial charge in [0.25, 0.3) is 0 Å². The maximum absolute atomic E-state index is 13.1. The molecule has 0 unspecified atom stereocenters. The van der Waals surface area contributed by atoms with Gasteiger partial charge in [0.1, 0.15) is 0 Å². The van der Waals surface area contributed by atoms with Crippen molar-refractivity contribution < 1.29 is 13.2 Å². The average molecular weight is 383 g/mol. The van der Waals surface area contributed by atoms with E-state index in [0.717, 1.165) is 41.3 Å². The zero-order chi connectivity index (χ0) is 19.0. The monoisotopic (exact) mass is 383 g/mol. The Morgan fingerprint density at radius 2 is 1.85 bits per heavy atom. The molecule has 140 valence electrons. The smallest absolute Gasteiger partial charge is 0.231 e. The summed E-state index contributed by atoms with van der Waals surface area (Å²) in [6.45, 7) is 0. The number of rotatable bonds is 6. The van der Waals surface area contributed by atoms with Gasteiger partial charge in [-0.05, 0) is 48.7 Å². The van der Waals surface area contributed by atoms with Crippen LogP contribution in [-0.4, -0.2) is 31.6 Å². The van der Waals surface area contributed by atoms with E-state index >= 15 is 0 Å². The molecule has 3 aromatic rings. The number of hydrogen-bond donors (Lipinski definition) is 2. The number of fused-ring (bicyclic) bond motifs is 1. The molecule has 0 spiro atoms. The number of carbonyl (C=O) groups excluding carboxylic acids is 1. The van der Waals surface area contributed by atoms with E-state index in [9.17, 15) is 13.2 Å². The molecule has 0 radical (unpaired) electrons. The van der Waals surface area contributed by atoms with Crippen molar-refractivity contribution in [3.05, 3.63) is 60.3 Å². The largest absolute Gasteiger partial charge is 0.361 e. The molecule has 0 bridgehead atoms. The van der Waals surface area contributed by atoms with E-state index in [0.29, 0.717) is 12.1 Å². The third-order valence-electron chi connectivity index (χ3n) is 4.65. The molecule has 2 aromatic carbocycles. The van der Waals surface area contributed by atoms with Crippen LogP contribution in [0.25, 0.3) is 10.9 Å². The number of H-pyrrole nitrogens is 1. The summed E-state index contributed by atoms with van der Waals surface area (Å²) in [6, 6.07) is 15.1. The summed E-state index contributed by atoms with van der Waals surface area (Å²) in [7, 11) is -3.32. The Labute approximate surface area is 158 Å². The number of nitrogens with one attached hydrogen (secondary N) is 2. The van der Waals surface area contributed by atoms with Gasteiger partial charge in [0.05, 0.1) is 12.7 Å². The molecule has 1 heterocycles. The van der Waals surface area contributed by atoms with E-state index in [1.54, 1.807) is 24.3 Å². The first kappa shape index (κ1) is 17.6. The molecule has 1 amide bonds. The van der Waals surface area contributed by atoms with Gasteiger partial charge in [-0.15, -0.1) is 0 Å². The first-order valence-corrected chi connectivity index (χ1v) is 10.7. The number of aromatic nitrogens is 1. The lowest BCUT2D eigenvalue weighted by Crippen LogP contribution is -2.34. The Balaban J connectivity index is 1.56. The van der Waals surface area contributed by atoms with Gasteiger partial charge in [0, 0.05) is 34.5 Å². The number of amides is 1. The molecule has 7 heteroatoms. The molecule has 0 aliphatic heterocycles. The van der Waals surface area contributed by atoms with Crippen LogP contribution in [0.15, 0.2) is 54.7 Å². The maximum Gasteiger partial charge on any atom is 0.231 e. The van der Waals surface area contributed by atoms with Gasteiger partial charge in [-0.2, -0.15) is 0 Å². The predicted octanol–water partition coefficient (Wildman–Crippen LogP) is 3.28. The second-order valence-electron chi connectivity index (χ2n) is 6.95. The Morgan fingerprint density at radius 3 is 2.52 bits per heavy atom. The molecule has 0 saturated heterocycles. The van der Waals surface area contributed by atoms with Crippen molar-refractivity contribution in [1.29, 1.82) is 0 Å². The minimum absolute atomic E-state index is 0.0473. The highest BCUT2D eigenvalue weighted by molar-refractivity contribution is 7.92. The fourth-order valence-corrected chi connectivity index (χ4v) is 3.89. The van der Waals surface area contributed by atoms with Gasteiger partial charge in [-0.3, -0.25) is 9.52 Å². The van der Waals surface area contributed by atoms with E-state index < -0.39 is 10.0 Å². The molecule has 1 aliphatic carbocycles. The molecule has 1 fully saturated rings. The van der Waals surface area contributed by atoms with Gasteiger partial charge < -0.3 is 9.88 Å². The summed E-state index contributed by atoms with van der Waals surface area (Å²) in [5, 5.41) is 1.06. The summed E-state index contributed by atoms with van der Waals surface area (Å²) < 4.78 is 25.1. The van der Waals surface area contributed by atoms with Crippen LogP contribution in [0.1, 0.15) is 18.4 Å². The fraction of sp³-hybridized carbons (Fsp3) is 0.250. The molecule has 27 heavy (non-hydrogen) atoms. The predicted molar refractivity (Wildman–Crippen MR) is 107 cm³/mol. The molecular weight excluding hydrogens is 362 g/mol. The number of sulfonamides is 1. The van der Waals surface area contributed by atoms with E-state index in [-0.39, 0.29) is 11.9 Å². The third kappa shape index (κ3) is 3.98. The van der Waals surface area contributed by atoms with Crippen molar-refractivity contribution in [2.45, 2.75) is 25.3 Å². The number of para-hydroxylation sites is 1. The summed E-state index contributed by atoms with van der Waals surface area (Å²) in [4.78, 5) is 18.1. The van der Waals surface area contributed by atoms with Crippen LogP contribution < -0.4 is 9.62 Å². The lowest BCUT2D eigenvalue weighted by atomic mass is 10.1. The highest BCUT2D eigenvalue weighted by Crippen LogP contribution is 2.33. The van der Waals surface area contributed by atoms with E-state index in [2.05, 4.69) is 9.71 Å². The van der Waals surface area contributed by atoms with Gasteiger partial charge in [0.15, 0.2) is 0 Å². The van der Waals surface area contributed by atoms with Gasteiger partial charge in [0.2, 0.25) is 15.9 Å². The minimum atomic E-state index is -3.32. The Bertz CT molecular complexity index is 1080. The van der Waals surface area contributed by atoms with Crippen molar-refractivity contribution >= 4 is 38.2 Å². The molecule has 1 aliphatic rings. The number of benzene rings is 2. The van der Waals surface area contributed by atoms with Crippen LogP contribution in [0.2, 0.25) is 0 Å². The summed E-state index contributed by atoms with van der Waals surface area (Å²) in [5.74, 6) is 0.0473. The quantitative estimate of drug-likeness (QED) is 0.685. The zero-order valence-corrected chi connectivity index (χ0v) is 15.8. The van der Waals surface area contributed by atoms with Crippen LogP contribution in [0.5, 0.6) is 0 Å². The van der Waals surface area contributed by atoms with E-state index in [4.69, 9.17) is 0 Å². The maximum atomic E-state index is 13.1. The van der Waals surface area contributed by atoms with E-state index in [1.165, 1.54) is 0 Å². The number of hydrogen-bond acceptors (Lipinski definition) is 3. The van der Waals surface area contributed by atoms with Gasteiger partial charge in [-0.1, -0.05) is 18.2 Å². The highest BCUT2D eigenvalue weighted by Gasteiger charge is 2.33. The lowest BCUT2D eigenvalue weighted by molar-refractivity contribution is -0.118. The summed E-state index contributed by atoms with van der Waals surface area (Å²) in [6.07, 6.45) is 5.31. The molecule has 6 nitrogen and oxygen atoms in total. The first-order chi connectivity index (χ1) is 12.9. The average Bonchev–Trinajstić information content (AvgIpc) is 3.37. The number of nitrogens with zero attached hydrogens (tertiary/aromatic N) is 1. The fourth-order valence-electron chi connectivity index (χ4n) is 3.32. The lowest BCUT2D eigenvalue weighted by Gasteiger charge is -2.23. The summed E-state index contributed by atoms with van der Waals surface area (Å²) in [5.41, 5.74) is 3.29. The standard InChI is InChI=1S/C20H21N3O3S/c1-27(25,26)22-15-6-8-16(9-7-15)23(17-10-11-17)20(24)12-14-13-21-19-5-3-2-4-18(14)19/h2-9,13,17,21-22H,10-12H2,1H3. The molecule has 1 aromatic heterocycles. The molecule has 1 saturated carbocycles. The molecule has 0 atom stereocenters. The van der Waals surface area contributed by atoms with Crippen molar-refractivity contribution in [3.63, 3.8) is 0 Å². The zero-order valence-electron chi connectivity index (χ0n) is 15.0. The summed E-state index contributed by atoms with van der Waals surface area (Å²) >= 11 is 0. The van der Waals surface area contributed by atoms with Crippen LogP contribution in [-0.2, 0) is 21.2 Å². The van der Waals surface area contributed by atoms with Crippen molar-refractivity contribution in [2.24, 2.45) is 0 Å². The second-order valence-corrected chi connectivity index (χ2v) is 8.70. The second kappa shape index (κ2) is 6.74. The van der Waals surface area contributed by atoms with Crippen molar-refractivity contribution in [1.82, 2.24) is 4.98 Å². The Kier molecular flexibility index (Phi) is 4.39. The normalized spacial score (nSPS) is 14.3. The van der Waals surface area contributed by atoms with E-state index in [1.807, 2.05) is 35.4 Å². The third-order valence-corrected chi connectivity index (χ3v) is 5.25. The minimum Gasteiger partial charge on any atom is -0.361 e. The van der Waals surface area contributed by atoms with Crippen molar-refractivity contribution in [3.8, 4) is 0 Å². The highest BCUT2D eigenvalue weighted by atomic mass is 32.2. The van der Waals surface area contributed by atoms with Crippen LogP contribution in [0.3, 0.4) is 0 Å². The molecular formula is C20H21N3O3S.